The van der Waals surface area contributed by atoms with Gasteiger partial charge in [-0.3, -0.25) is 9.69 Å². The Balaban J connectivity index is 2.06. The van der Waals surface area contributed by atoms with Crippen molar-refractivity contribution < 1.29 is 14.3 Å². The van der Waals surface area contributed by atoms with Crippen molar-refractivity contribution in [2.75, 3.05) is 25.7 Å². The molecule has 0 radical (unpaired) electrons. The molecule has 0 aliphatic carbocycles. The molecule has 1 aromatic rings. The molecule has 1 amide bonds. The van der Waals surface area contributed by atoms with Crippen LogP contribution in [-0.4, -0.2) is 31.2 Å². The van der Waals surface area contributed by atoms with Gasteiger partial charge in [0.1, 0.15) is 0 Å². The predicted molar refractivity (Wildman–Crippen MR) is 57.5 cm³/mol. The van der Waals surface area contributed by atoms with Crippen LogP contribution in [0.4, 0.5) is 5.69 Å². The molecule has 0 atom stereocenters. The Morgan fingerprint density at radius 2 is 2.00 bits per heavy atom. The molecule has 2 heterocycles. The molecule has 0 fully saturated rings. The summed E-state index contributed by atoms with van der Waals surface area (Å²) in [5, 5.41) is 2.87. The van der Waals surface area contributed by atoms with E-state index >= 15 is 0 Å². The van der Waals surface area contributed by atoms with Crippen molar-refractivity contribution in [1.82, 2.24) is 4.90 Å². The largest absolute Gasteiger partial charge is 0.454 e. The lowest BCUT2D eigenvalue weighted by molar-refractivity contribution is -0.116. The molecule has 0 saturated heterocycles. The number of hydrogen-bond acceptors (Lipinski definition) is 4. The Labute approximate surface area is 92.9 Å². The Hall–Kier alpha value is -1.75. The smallest absolute Gasteiger partial charge is 0.238 e. The lowest BCUT2D eigenvalue weighted by atomic mass is 10.1. The minimum atomic E-state index is 0.000107. The number of nitrogens with one attached hydrogen (secondary N) is 1. The minimum Gasteiger partial charge on any atom is -0.454 e. The van der Waals surface area contributed by atoms with Crippen molar-refractivity contribution in [2.45, 2.75) is 6.54 Å². The van der Waals surface area contributed by atoms with Crippen molar-refractivity contribution in [1.29, 1.82) is 0 Å². The summed E-state index contributed by atoms with van der Waals surface area (Å²) in [5.74, 6) is 1.45. The third-order valence-corrected chi connectivity index (χ3v) is 2.73. The van der Waals surface area contributed by atoms with E-state index in [1.165, 1.54) is 0 Å². The van der Waals surface area contributed by atoms with Crippen LogP contribution >= 0.6 is 0 Å². The van der Waals surface area contributed by atoms with Crippen LogP contribution in [0.1, 0.15) is 5.56 Å². The number of carbonyl (C=O) groups is 1. The molecule has 5 heteroatoms. The van der Waals surface area contributed by atoms with Gasteiger partial charge in [0.25, 0.3) is 0 Å². The summed E-state index contributed by atoms with van der Waals surface area (Å²) in [6.07, 6.45) is 0. The first-order valence-corrected chi connectivity index (χ1v) is 5.13. The van der Waals surface area contributed by atoms with Crippen LogP contribution in [0, 0.1) is 0 Å². The predicted octanol–water partition coefficient (Wildman–Crippen LogP) is 0.799. The number of likely N-dealkylation sites (N-methyl/N-ethyl adjacent to an activating group) is 1. The number of ether oxygens (including phenoxy) is 2. The van der Waals surface area contributed by atoms with E-state index in [4.69, 9.17) is 9.47 Å². The molecule has 5 nitrogen and oxygen atoms in total. The van der Waals surface area contributed by atoms with E-state index in [0.717, 1.165) is 23.5 Å². The molecule has 0 spiro atoms. The standard InChI is InChI=1S/C11H12N2O3/c1-13-4-7-2-9-10(16-6-15-9)3-8(7)12-11(14)5-13/h2-3H,4-6H2,1H3,(H,12,14). The quantitative estimate of drug-likeness (QED) is 0.702. The normalized spacial score (nSPS) is 18.9. The van der Waals surface area contributed by atoms with Crippen molar-refractivity contribution >= 4 is 11.6 Å². The fraction of sp³-hybridized carbons (Fsp3) is 0.364. The van der Waals surface area contributed by atoms with Gasteiger partial charge in [-0.15, -0.1) is 0 Å². The van der Waals surface area contributed by atoms with Crippen LogP contribution < -0.4 is 14.8 Å². The van der Waals surface area contributed by atoms with Crippen molar-refractivity contribution in [3.05, 3.63) is 17.7 Å². The Kier molecular flexibility index (Phi) is 2.00. The Morgan fingerprint density at radius 1 is 1.25 bits per heavy atom. The third-order valence-electron chi connectivity index (χ3n) is 2.73. The summed E-state index contributed by atoms with van der Waals surface area (Å²) in [5.41, 5.74) is 1.87. The molecule has 2 aliphatic rings. The molecule has 16 heavy (non-hydrogen) atoms. The highest BCUT2D eigenvalue weighted by molar-refractivity contribution is 5.94. The molecule has 0 unspecified atom stereocenters. The van der Waals surface area contributed by atoms with Gasteiger partial charge in [0, 0.05) is 18.3 Å². The zero-order chi connectivity index (χ0) is 11.1. The van der Waals surface area contributed by atoms with Gasteiger partial charge in [-0.25, -0.2) is 0 Å². The molecule has 0 aromatic heterocycles. The zero-order valence-corrected chi connectivity index (χ0v) is 8.95. The number of carbonyl (C=O) groups excluding carboxylic acids is 1. The summed E-state index contributed by atoms with van der Waals surface area (Å²) >= 11 is 0. The molecule has 3 rings (SSSR count). The first kappa shape index (κ1) is 9.47. The first-order chi connectivity index (χ1) is 7.72. The van der Waals surface area contributed by atoms with E-state index in [0.29, 0.717) is 12.3 Å². The van der Waals surface area contributed by atoms with E-state index in [9.17, 15) is 4.79 Å². The minimum absolute atomic E-state index is 0.000107. The lowest BCUT2D eigenvalue weighted by Crippen LogP contribution is -2.26. The number of benzene rings is 1. The number of nitrogens with zero attached hydrogens (tertiary/aromatic N) is 1. The van der Waals surface area contributed by atoms with Crippen molar-refractivity contribution in [3.63, 3.8) is 0 Å². The molecular formula is C11H12N2O3. The average molecular weight is 220 g/mol. The highest BCUT2D eigenvalue weighted by atomic mass is 16.7. The SMILES string of the molecule is CN1CC(=O)Nc2cc3c(cc2C1)OCO3. The maximum Gasteiger partial charge on any atom is 0.238 e. The fourth-order valence-corrected chi connectivity index (χ4v) is 2.01. The molecule has 2 aliphatic heterocycles. The summed E-state index contributed by atoms with van der Waals surface area (Å²) in [6.45, 7) is 1.38. The van der Waals surface area contributed by atoms with Gasteiger partial charge >= 0.3 is 0 Å². The monoisotopic (exact) mass is 220 g/mol. The topological polar surface area (TPSA) is 50.8 Å². The van der Waals surface area contributed by atoms with Crippen LogP contribution in [0.2, 0.25) is 0 Å². The maximum atomic E-state index is 11.5. The number of fused-ring (bicyclic) bond motifs is 2. The molecule has 1 N–H and O–H groups in total. The van der Waals surface area contributed by atoms with Crippen molar-refractivity contribution in [3.8, 4) is 11.5 Å². The number of amides is 1. The van der Waals surface area contributed by atoms with E-state index in [1.54, 1.807) is 0 Å². The summed E-state index contributed by atoms with van der Waals surface area (Å²) in [6, 6.07) is 3.76. The highest BCUT2D eigenvalue weighted by Crippen LogP contribution is 2.37. The van der Waals surface area contributed by atoms with E-state index in [-0.39, 0.29) is 12.7 Å². The number of rotatable bonds is 0. The second-order valence-corrected chi connectivity index (χ2v) is 4.08. The van der Waals surface area contributed by atoms with Gasteiger partial charge in [-0.1, -0.05) is 0 Å². The van der Waals surface area contributed by atoms with Crippen LogP contribution in [0.25, 0.3) is 0 Å². The average Bonchev–Trinajstić information content (AvgIpc) is 2.58. The molecule has 0 saturated carbocycles. The second kappa shape index (κ2) is 3.38. The first-order valence-electron chi connectivity index (χ1n) is 5.13. The molecule has 84 valence electrons. The molecular weight excluding hydrogens is 208 g/mol. The van der Waals surface area contributed by atoms with Gasteiger partial charge in [0.2, 0.25) is 12.7 Å². The van der Waals surface area contributed by atoms with Gasteiger partial charge < -0.3 is 14.8 Å². The highest BCUT2D eigenvalue weighted by Gasteiger charge is 2.22. The second-order valence-electron chi connectivity index (χ2n) is 4.08. The van der Waals surface area contributed by atoms with Crippen LogP contribution in [-0.2, 0) is 11.3 Å². The summed E-state index contributed by atoms with van der Waals surface area (Å²) < 4.78 is 10.6. The van der Waals surface area contributed by atoms with Crippen molar-refractivity contribution in [2.24, 2.45) is 0 Å². The van der Waals surface area contributed by atoms with Gasteiger partial charge in [0.15, 0.2) is 11.5 Å². The van der Waals surface area contributed by atoms with Crippen LogP contribution in [0.15, 0.2) is 12.1 Å². The van der Waals surface area contributed by atoms with Gasteiger partial charge in [-0.2, -0.15) is 0 Å². The molecule has 1 aromatic carbocycles. The fourth-order valence-electron chi connectivity index (χ4n) is 2.01. The third kappa shape index (κ3) is 1.49. The van der Waals surface area contributed by atoms with Gasteiger partial charge in [-0.05, 0) is 18.7 Å². The number of anilines is 1. The maximum absolute atomic E-state index is 11.5. The Bertz CT molecular complexity index is 459. The van der Waals surface area contributed by atoms with E-state index < -0.39 is 0 Å². The number of hydrogen-bond donors (Lipinski definition) is 1. The van der Waals surface area contributed by atoms with E-state index in [2.05, 4.69) is 5.32 Å². The zero-order valence-electron chi connectivity index (χ0n) is 8.95. The lowest BCUT2D eigenvalue weighted by Gasteiger charge is -2.11. The summed E-state index contributed by atoms with van der Waals surface area (Å²) in [7, 11) is 1.92. The Morgan fingerprint density at radius 3 is 2.81 bits per heavy atom. The van der Waals surface area contributed by atoms with Crippen LogP contribution in [0.5, 0.6) is 11.5 Å². The summed E-state index contributed by atoms with van der Waals surface area (Å²) in [4.78, 5) is 13.5. The van der Waals surface area contributed by atoms with Gasteiger partial charge in [0.05, 0.1) is 6.54 Å². The molecule has 0 bridgehead atoms. The van der Waals surface area contributed by atoms with E-state index in [1.807, 2.05) is 24.1 Å². The van der Waals surface area contributed by atoms with Crippen LogP contribution in [0.3, 0.4) is 0 Å².